The molecule has 0 bridgehead atoms. The van der Waals surface area contributed by atoms with Gasteiger partial charge < -0.3 is 16.0 Å². The fraction of sp³-hybridized carbons (Fsp3) is 0.571. The van der Waals surface area contributed by atoms with Crippen molar-refractivity contribution in [2.75, 3.05) is 18.0 Å². The lowest BCUT2D eigenvalue weighted by atomic mass is 10.0. The molecule has 1 aromatic heterocycles. The number of piperidine rings is 1. The minimum Gasteiger partial charge on any atom is -0.365 e. The Morgan fingerprint density at radius 3 is 2.95 bits per heavy atom. The first-order chi connectivity index (χ1) is 10.5. The number of carbonyl (C=O) groups is 2. The molecule has 7 nitrogen and oxygen atoms in total. The third kappa shape index (κ3) is 4.07. The van der Waals surface area contributed by atoms with E-state index in [0.29, 0.717) is 18.8 Å². The van der Waals surface area contributed by atoms with E-state index in [4.69, 9.17) is 17.3 Å². The fourth-order valence-corrected chi connectivity index (χ4v) is 2.74. The average Bonchev–Trinajstić information content (AvgIpc) is 2.47. The van der Waals surface area contributed by atoms with Crippen molar-refractivity contribution in [3.8, 4) is 0 Å². The minimum absolute atomic E-state index is 0.0333. The van der Waals surface area contributed by atoms with Gasteiger partial charge in [0.2, 0.25) is 5.91 Å². The molecule has 2 rings (SSSR count). The number of carbonyl (C=O) groups excluding carboxylic acids is 2. The second-order valence-electron chi connectivity index (χ2n) is 5.37. The lowest BCUT2D eigenvalue weighted by Gasteiger charge is -2.34. The lowest BCUT2D eigenvalue weighted by Crippen LogP contribution is -2.48. The van der Waals surface area contributed by atoms with Gasteiger partial charge in [-0.2, -0.15) is 0 Å². The molecule has 0 aliphatic carbocycles. The molecule has 1 aliphatic heterocycles. The summed E-state index contributed by atoms with van der Waals surface area (Å²) in [5.41, 5.74) is 5.63. The number of halogens is 1. The number of amides is 2. The number of aromatic nitrogens is 2. The molecule has 22 heavy (non-hydrogen) atoms. The number of hydrogen-bond donors (Lipinski definition) is 2. The Morgan fingerprint density at radius 1 is 1.50 bits per heavy atom. The lowest BCUT2D eigenvalue weighted by molar-refractivity contribution is -0.121. The molecule has 0 spiro atoms. The summed E-state index contributed by atoms with van der Waals surface area (Å²) in [4.78, 5) is 25.2. The van der Waals surface area contributed by atoms with E-state index in [1.807, 2.05) is 11.8 Å². The molecule has 1 unspecified atom stereocenters. The van der Waals surface area contributed by atoms with Gasteiger partial charge in [-0.05, 0) is 25.3 Å². The summed E-state index contributed by atoms with van der Waals surface area (Å²) in [5.74, 6) is -0.123. The maximum Gasteiger partial charge on any atom is 0.252 e. The molecular weight excluding hydrogens is 306 g/mol. The molecule has 1 atom stereocenters. The molecule has 1 aliphatic rings. The van der Waals surface area contributed by atoms with E-state index < -0.39 is 5.91 Å². The van der Waals surface area contributed by atoms with Crippen LogP contribution in [0.15, 0.2) is 6.07 Å². The summed E-state index contributed by atoms with van der Waals surface area (Å²) in [6.07, 6.45) is 3.12. The van der Waals surface area contributed by atoms with E-state index in [-0.39, 0.29) is 22.7 Å². The van der Waals surface area contributed by atoms with E-state index in [1.54, 1.807) is 0 Å². The number of nitrogens with one attached hydrogen (secondary N) is 1. The Hall–Kier alpha value is -1.89. The highest BCUT2D eigenvalue weighted by Gasteiger charge is 2.25. The first kappa shape index (κ1) is 16.5. The highest BCUT2D eigenvalue weighted by atomic mass is 35.5. The molecule has 2 amide bonds. The van der Waals surface area contributed by atoms with Gasteiger partial charge in [0, 0.05) is 25.6 Å². The van der Waals surface area contributed by atoms with Gasteiger partial charge in [-0.3, -0.25) is 9.59 Å². The van der Waals surface area contributed by atoms with Crippen molar-refractivity contribution in [1.82, 2.24) is 15.5 Å². The number of nitrogens with two attached hydrogens (primary N) is 1. The van der Waals surface area contributed by atoms with E-state index >= 15 is 0 Å². The zero-order chi connectivity index (χ0) is 16.1. The van der Waals surface area contributed by atoms with Crippen molar-refractivity contribution in [3.63, 3.8) is 0 Å². The zero-order valence-electron chi connectivity index (χ0n) is 12.5. The minimum atomic E-state index is -0.594. The number of nitrogens with zero attached hydrogens (tertiary/aromatic N) is 3. The van der Waals surface area contributed by atoms with E-state index in [0.717, 1.165) is 25.8 Å². The maximum absolute atomic E-state index is 11.7. The summed E-state index contributed by atoms with van der Waals surface area (Å²) in [6, 6.07) is 1.46. The molecule has 120 valence electrons. The second-order valence-corrected chi connectivity index (χ2v) is 5.76. The highest BCUT2D eigenvalue weighted by molar-refractivity contribution is 6.29. The number of primary amides is 1. The van der Waals surface area contributed by atoms with Crippen LogP contribution in [-0.2, 0) is 4.79 Å². The Kier molecular flexibility index (Phi) is 5.54. The van der Waals surface area contributed by atoms with Gasteiger partial charge in [-0.25, -0.2) is 0 Å². The van der Waals surface area contributed by atoms with Gasteiger partial charge in [-0.1, -0.05) is 18.5 Å². The van der Waals surface area contributed by atoms with Crippen LogP contribution in [0.4, 0.5) is 5.82 Å². The van der Waals surface area contributed by atoms with E-state index in [2.05, 4.69) is 15.5 Å². The summed E-state index contributed by atoms with van der Waals surface area (Å²) < 4.78 is 0. The van der Waals surface area contributed by atoms with Crippen molar-refractivity contribution < 1.29 is 9.59 Å². The van der Waals surface area contributed by atoms with Crippen LogP contribution in [0.25, 0.3) is 0 Å². The average molecular weight is 326 g/mol. The van der Waals surface area contributed by atoms with E-state index in [9.17, 15) is 9.59 Å². The van der Waals surface area contributed by atoms with Crippen LogP contribution in [0.3, 0.4) is 0 Å². The Morgan fingerprint density at radius 2 is 2.27 bits per heavy atom. The monoisotopic (exact) mass is 325 g/mol. The first-order valence-corrected chi connectivity index (χ1v) is 7.76. The van der Waals surface area contributed by atoms with Crippen molar-refractivity contribution in [2.45, 2.75) is 38.6 Å². The van der Waals surface area contributed by atoms with Crippen LogP contribution in [0.1, 0.15) is 43.0 Å². The Balaban J connectivity index is 2.12. The van der Waals surface area contributed by atoms with Crippen LogP contribution >= 0.6 is 11.6 Å². The summed E-state index contributed by atoms with van der Waals surface area (Å²) in [7, 11) is 0. The molecule has 2 heterocycles. The molecule has 1 saturated heterocycles. The fourth-order valence-electron chi connectivity index (χ4n) is 2.59. The molecule has 1 fully saturated rings. The van der Waals surface area contributed by atoms with Crippen molar-refractivity contribution in [1.29, 1.82) is 0 Å². The smallest absolute Gasteiger partial charge is 0.252 e. The van der Waals surface area contributed by atoms with Gasteiger partial charge in [-0.15, -0.1) is 10.2 Å². The Labute approximate surface area is 134 Å². The largest absolute Gasteiger partial charge is 0.365 e. The van der Waals surface area contributed by atoms with Crippen molar-refractivity contribution in [2.24, 2.45) is 5.73 Å². The summed E-state index contributed by atoms with van der Waals surface area (Å²) in [6.45, 7) is 3.28. The van der Waals surface area contributed by atoms with Crippen LogP contribution in [0.2, 0.25) is 5.15 Å². The third-order valence-electron chi connectivity index (χ3n) is 3.57. The Bertz CT molecular complexity index is 566. The highest BCUT2D eigenvalue weighted by Crippen LogP contribution is 2.23. The number of anilines is 1. The molecule has 0 radical (unpaired) electrons. The van der Waals surface area contributed by atoms with Crippen molar-refractivity contribution in [3.05, 3.63) is 16.8 Å². The van der Waals surface area contributed by atoms with Crippen LogP contribution in [0, 0.1) is 0 Å². The number of rotatable bonds is 5. The molecular formula is C14H20ClN5O2. The second kappa shape index (κ2) is 7.40. The molecule has 0 aromatic carbocycles. The first-order valence-electron chi connectivity index (χ1n) is 7.38. The number of hydrogen-bond acceptors (Lipinski definition) is 5. The SMILES string of the molecule is CCCC(=O)NC1CCCN(c2nnc(Cl)cc2C(N)=O)C1. The maximum atomic E-state index is 11.7. The quantitative estimate of drug-likeness (QED) is 0.844. The normalized spacial score (nSPS) is 18.1. The molecule has 3 N–H and O–H groups in total. The van der Waals surface area contributed by atoms with Crippen LogP contribution in [0.5, 0.6) is 0 Å². The summed E-state index contributed by atoms with van der Waals surface area (Å²) in [5, 5.41) is 10.9. The molecule has 1 aromatic rings. The standard InChI is InChI=1S/C14H20ClN5O2/c1-2-4-12(21)17-9-5-3-6-20(8-9)14-10(13(16)22)7-11(15)18-19-14/h7,9H,2-6,8H2,1H3,(H2,16,22)(H,17,21). The zero-order valence-corrected chi connectivity index (χ0v) is 13.3. The van der Waals surface area contributed by atoms with Gasteiger partial charge in [0.25, 0.3) is 5.91 Å². The van der Waals surface area contributed by atoms with Gasteiger partial charge >= 0.3 is 0 Å². The van der Waals surface area contributed by atoms with Gasteiger partial charge in [0.05, 0.1) is 5.56 Å². The molecule has 0 saturated carbocycles. The van der Waals surface area contributed by atoms with Gasteiger partial charge in [0.15, 0.2) is 11.0 Å². The third-order valence-corrected chi connectivity index (χ3v) is 3.76. The predicted octanol–water partition coefficient (Wildman–Crippen LogP) is 1.11. The summed E-state index contributed by atoms with van der Waals surface area (Å²) >= 11 is 5.78. The molecule has 8 heteroatoms. The van der Waals surface area contributed by atoms with Crippen molar-refractivity contribution >= 4 is 29.2 Å². The predicted molar refractivity (Wildman–Crippen MR) is 83.8 cm³/mol. The van der Waals surface area contributed by atoms with Crippen LogP contribution < -0.4 is 16.0 Å². The van der Waals surface area contributed by atoms with E-state index in [1.165, 1.54) is 6.07 Å². The topological polar surface area (TPSA) is 101 Å². The van der Waals surface area contributed by atoms with Gasteiger partial charge in [0.1, 0.15) is 0 Å². The van der Waals surface area contributed by atoms with Crippen LogP contribution in [-0.4, -0.2) is 41.1 Å².